The number of likely N-dealkylation sites (tertiary alicyclic amines) is 1. The van der Waals surface area contributed by atoms with Gasteiger partial charge in [-0.1, -0.05) is 25.7 Å². The van der Waals surface area contributed by atoms with Gasteiger partial charge in [-0.15, -0.1) is 0 Å². The van der Waals surface area contributed by atoms with Gasteiger partial charge in [0.05, 0.1) is 6.54 Å². The van der Waals surface area contributed by atoms with Crippen molar-refractivity contribution in [3.05, 3.63) is 0 Å². The van der Waals surface area contributed by atoms with Crippen LogP contribution in [-0.4, -0.2) is 66.2 Å². The zero-order valence-electron chi connectivity index (χ0n) is 15.0. The Morgan fingerprint density at radius 2 is 1.88 bits per heavy atom. The number of amides is 2. The summed E-state index contributed by atoms with van der Waals surface area (Å²) in [5.74, 6) is 0.0872. The molecular weight excluding hydrogens is 306 g/mol. The Hall–Kier alpha value is -1.30. The fourth-order valence-electron chi connectivity index (χ4n) is 4.06. The monoisotopic (exact) mass is 339 g/mol. The van der Waals surface area contributed by atoms with Crippen molar-refractivity contribution in [2.75, 3.05) is 33.2 Å². The Bertz CT molecular complexity index is 410. The molecule has 1 saturated heterocycles. The number of hydrogen-bond donors (Lipinski definition) is 2. The number of likely N-dealkylation sites (N-methyl/N-ethyl adjacent to an activating group) is 1. The Kier molecular flexibility index (Phi) is 7.82. The molecule has 0 aromatic rings. The SMILES string of the molecule is CN(CC(=O)O)C1CCCN(C(=O)NCCCC2CCCC2)CC1. The number of carbonyl (C=O) groups excluding carboxylic acids is 1. The summed E-state index contributed by atoms with van der Waals surface area (Å²) in [6.45, 7) is 2.32. The first-order valence-electron chi connectivity index (χ1n) is 9.51. The van der Waals surface area contributed by atoms with Crippen molar-refractivity contribution in [1.29, 1.82) is 0 Å². The maximum absolute atomic E-state index is 12.3. The Labute approximate surface area is 145 Å². The second-order valence-electron chi connectivity index (χ2n) is 7.41. The number of aliphatic carboxylic acids is 1. The van der Waals surface area contributed by atoms with E-state index in [0.717, 1.165) is 44.7 Å². The topological polar surface area (TPSA) is 72.9 Å². The van der Waals surface area contributed by atoms with E-state index in [1.807, 2.05) is 16.8 Å². The van der Waals surface area contributed by atoms with E-state index >= 15 is 0 Å². The molecule has 138 valence electrons. The van der Waals surface area contributed by atoms with E-state index in [2.05, 4.69) is 5.32 Å². The van der Waals surface area contributed by atoms with E-state index in [4.69, 9.17) is 5.11 Å². The number of hydrogen-bond acceptors (Lipinski definition) is 3. The van der Waals surface area contributed by atoms with Gasteiger partial charge in [0.1, 0.15) is 0 Å². The van der Waals surface area contributed by atoms with Gasteiger partial charge in [0.15, 0.2) is 0 Å². The van der Waals surface area contributed by atoms with E-state index in [1.54, 1.807) is 0 Å². The third kappa shape index (κ3) is 6.30. The van der Waals surface area contributed by atoms with Gasteiger partial charge in [0.2, 0.25) is 0 Å². The zero-order chi connectivity index (χ0) is 17.4. The van der Waals surface area contributed by atoms with Crippen molar-refractivity contribution in [2.45, 2.75) is 63.8 Å². The molecule has 24 heavy (non-hydrogen) atoms. The number of urea groups is 1. The predicted octanol–water partition coefficient (Wildman–Crippen LogP) is 2.54. The molecule has 6 heteroatoms. The smallest absolute Gasteiger partial charge is 0.317 e. The van der Waals surface area contributed by atoms with Crippen LogP contribution in [0.2, 0.25) is 0 Å². The number of carbonyl (C=O) groups is 2. The van der Waals surface area contributed by atoms with Crippen LogP contribution in [0, 0.1) is 5.92 Å². The Morgan fingerprint density at radius 3 is 2.58 bits per heavy atom. The maximum atomic E-state index is 12.3. The summed E-state index contributed by atoms with van der Waals surface area (Å²) in [6.07, 6.45) is 10.5. The van der Waals surface area contributed by atoms with Crippen LogP contribution < -0.4 is 5.32 Å². The highest BCUT2D eigenvalue weighted by Gasteiger charge is 2.24. The first-order chi connectivity index (χ1) is 11.6. The van der Waals surface area contributed by atoms with Gasteiger partial charge in [0.25, 0.3) is 0 Å². The van der Waals surface area contributed by atoms with Gasteiger partial charge in [0, 0.05) is 25.7 Å². The standard InChI is InChI=1S/C18H33N3O3/c1-20(14-17(22)23)16-9-5-12-21(13-10-16)18(24)19-11-4-8-15-6-2-3-7-15/h15-16H,2-14H2,1H3,(H,19,24)(H,22,23). The molecule has 2 aliphatic rings. The fraction of sp³-hybridized carbons (Fsp3) is 0.889. The molecule has 1 atom stereocenters. The van der Waals surface area contributed by atoms with Crippen molar-refractivity contribution in [1.82, 2.24) is 15.1 Å². The zero-order valence-corrected chi connectivity index (χ0v) is 15.0. The second kappa shape index (κ2) is 9.87. The summed E-state index contributed by atoms with van der Waals surface area (Å²) in [5.41, 5.74) is 0. The molecule has 1 heterocycles. The van der Waals surface area contributed by atoms with Gasteiger partial charge in [-0.05, 0) is 45.1 Å². The summed E-state index contributed by atoms with van der Waals surface area (Å²) in [5, 5.41) is 12.0. The lowest BCUT2D eigenvalue weighted by Gasteiger charge is -2.25. The lowest BCUT2D eigenvalue weighted by atomic mass is 10.0. The van der Waals surface area contributed by atoms with Crippen molar-refractivity contribution in [3.8, 4) is 0 Å². The van der Waals surface area contributed by atoms with E-state index in [0.29, 0.717) is 6.54 Å². The third-order valence-electron chi connectivity index (χ3n) is 5.53. The molecule has 1 unspecified atom stereocenters. The molecule has 2 rings (SSSR count). The molecular formula is C18H33N3O3. The summed E-state index contributed by atoms with van der Waals surface area (Å²) in [4.78, 5) is 26.9. The molecule has 1 saturated carbocycles. The van der Waals surface area contributed by atoms with E-state index in [-0.39, 0.29) is 18.6 Å². The molecule has 0 bridgehead atoms. The largest absolute Gasteiger partial charge is 0.480 e. The summed E-state index contributed by atoms with van der Waals surface area (Å²) < 4.78 is 0. The summed E-state index contributed by atoms with van der Waals surface area (Å²) >= 11 is 0. The molecule has 6 nitrogen and oxygen atoms in total. The average Bonchev–Trinajstić information content (AvgIpc) is 2.92. The van der Waals surface area contributed by atoms with Crippen LogP contribution in [0.25, 0.3) is 0 Å². The molecule has 0 spiro atoms. The molecule has 1 aliphatic heterocycles. The van der Waals surface area contributed by atoms with E-state index < -0.39 is 5.97 Å². The first-order valence-corrected chi connectivity index (χ1v) is 9.51. The van der Waals surface area contributed by atoms with Crippen molar-refractivity contribution in [3.63, 3.8) is 0 Å². The second-order valence-corrected chi connectivity index (χ2v) is 7.41. The highest BCUT2D eigenvalue weighted by Crippen LogP contribution is 2.28. The fourth-order valence-corrected chi connectivity index (χ4v) is 4.06. The minimum atomic E-state index is -0.793. The highest BCUT2D eigenvalue weighted by atomic mass is 16.4. The van der Waals surface area contributed by atoms with Gasteiger partial charge in [-0.2, -0.15) is 0 Å². The summed E-state index contributed by atoms with van der Waals surface area (Å²) in [6, 6.07) is 0.296. The highest BCUT2D eigenvalue weighted by molar-refractivity contribution is 5.74. The third-order valence-corrected chi connectivity index (χ3v) is 5.53. The van der Waals surface area contributed by atoms with Gasteiger partial charge >= 0.3 is 12.0 Å². The molecule has 0 radical (unpaired) electrons. The van der Waals surface area contributed by atoms with E-state index in [1.165, 1.54) is 32.1 Å². The quantitative estimate of drug-likeness (QED) is 0.699. The number of carboxylic acids is 1. The van der Waals surface area contributed by atoms with Crippen LogP contribution in [0.1, 0.15) is 57.8 Å². The van der Waals surface area contributed by atoms with Crippen molar-refractivity contribution < 1.29 is 14.7 Å². The van der Waals surface area contributed by atoms with Crippen LogP contribution in [-0.2, 0) is 4.79 Å². The van der Waals surface area contributed by atoms with Crippen LogP contribution in [0.3, 0.4) is 0 Å². The molecule has 2 N–H and O–H groups in total. The minimum absolute atomic E-state index is 0.0444. The number of nitrogens with one attached hydrogen (secondary N) is 1. The summed E-state index contributed by atoms with van der Waals surface area (Å²) in [7, 11) is 1.86. The molecule has 1 aliphatic carbocycles. The van der Waals surface area contributed by atoms with E-state index in [9.17, 15) is 9.59 Å². The van der Waals surface area contributed by atoms with Crippen LogP contribution in [0.4, 0.5) is 4.79 Å². The average molecular weight is 339 g/mol. The number of carboxylic acid groups (broad SMARTS) is 1. The molecule has 2 fully saturated rings. The van der Waals surface area contributed by atoms with Gasteiger partial charge in [-0.3, -0.25) is 9.69 Å². The normalized spacial score (nSPS) is 22.6. The number of nitrogens with zero attached hydrogens (tertiary/aromatic N) is 2. The van der Waals surface area contributed by atoms with Gasteiger partial charge in [-0.25, -0.2) is 4.79 Å². The van der Waals surface area contributed by atoms with Gasteiger partial charge < -0.3 is 15.3 Å². The lowest BCUT2D eigenvalue weighted by Crippen LogP contribution is -2.42. The Balaban J connectivity index is 1.64. The Morgan fingerprint density at radius 1 is 1.12 bits per heavy atom. The van der Waals surface area contributed by atoms with Crippen LogP contribution >= 0.6 is 0 Å². The molecule has 2 amide bonds. The van der Waals surface area contributed by atoms with Crippen molar-refractivity contribution in [2.24, 2.45) is 5.92 Å². The molecule has 0 aromatic heterocycles. The maximum Gasteiger partial charge on any atom is 0.317 e. The van der Waals surface area contributed by atoms with Crippen LogP contribution in [0.15, 0.2) is 0 Å². The molecule has 0 aromatic carbocycles. The minimum Gasteiger partial charge on any atom is -0.480 e. The van der Waals surface area contributed by atoms with Crippen molar-refractivity contribution >= 4 is 12.0 Å². The number of rotatable bonds is 7. The lowest BCUT2D eigenvalue weighted by molar-refractivity contribution is -0.138. The van der Waals surface area contributed by atoms with Crippen LogP contribution in [0.5, 0.6) is 0 Å². The predicted molar refractivity (Wildman–Crippen MR) is 94.1 cm³/mol. The first kappa shape index (κ1) is 19.0.